The van der Waals surface area contributed by atoms with Crippen molar-refractivity contribution in [3.8, 4) is 0 Å². The van der Waals surface area contributed by atoms with Crippen LogP contribution in [0, 0.1) is 6.92 Å². The minimum atomic E-state index is 0.519. The summed E-state index contributed by atoms with van der Waals surface area (Å²) in [6.07, 6.45) is 16.1. The van der Waals surface area contributed by atoms with E-state index >= 15 is 0 Å². The van der Waals surface area contributed by atoms with Crippen LogP contribution in [0.3, 0.4) is 0 Å². The van der Waals surface area contributed by atoms with E-state index in [1.807, 2.05) is 30.3 Å². The lowest BCUT2D eigenvalue weighted by Crippen LogP contribution is -2.45. The van der Waals surface area contributed by atoms with Gasteiger partial charge in [0.15, 0.2) is 0 Å². The van der Waals surface area contributed by atoms with E-state index in [4.69, 9.17) is 4.99 Å². The van der Waals surface area contributed by atoms with Gasteiger partial charge in [-0.25, -0.2) is 4.99 Å². The van der Waals surface area contributed by atoms with Crippen molar-refractivity contribution in [2.45, 2.75) is 45.7 Å². The molecule has 2 N–H and O–H groups in total. The van der Waals surface area contributed by atoms with Gasteiger partial charge in [0.1, 0.15) is 5.82 Å². The molecule has 0 aliphatic carbocycles. The molecule has 0 atom stereocenters. The molecule has 0 saturated carbocycles. The van der Waals surface area contributed by atoms with Gasteiger partial charge in [-0.15, -0.1) is 0 Å². The fourth-order valence-electron chi connectivity index (χ4n) is 4.72. The second-order valence-electron chi connectivity index (χ2n) is 9.96. The molecule has 2 heterocycles. The monoisotopic (exact) mass is 497 g/mol. The lowest BCUT2D eigenvalue weighted by molar-refractivity contribution is 0.231. The first-order chi connectivity index (χ1) is 17.8. The van der Waals surface area contributed by atoms with Gasteiger partial charge < -0.3 is 20.4 Å². The normalized spacial score (nSPS) is 18.3. The zero-order chi connectivity index (χ0) is 26.8. The van der Waals surface area contributed by atoms with Crippen LogP contribution in [0.1, 0.15) is 37.8 Å². The average molecular weight is 498 g/mol. The van der Waals surface area contributed by atoms with Crippen molar-refractivity contribution in [1.82, 2.24) is 20.4 Å². The lowest BCUT2D eigenvalue weighted by atomic mass is 10.0. The standard InChI is InChI=1S/C32H43N5/c1-8-10-11-15-30(37-18-16-29(17-19-37)35-24(3)4)22-33-26(6)28-21-34-32(36(7)23-28)31(9-2)27-14-12-13-25(5)20-27/h8-15,20-21,23-24,29,33,35H,1-2,6,16-19,22H2,3-5,7H3/b11-10-,30-15+,32-31+. The second kappa shape index (κ2) is 13.7. The number of aryl methyl sites for hydroxylation is 1. The van der Waals surface area contributed by atoms with Crippen LogP contribution in [0.2, 0.25) is 0 Å². The molecule has 0 aromatic heterocycles. The van der Waals surface area contributed by atoms with Gasteiger partial charge in [-0.1, -0.05) is 87.7 Å². The van der Waals surface area contributed by atoms with Crippen LogP contribution in [-0.2, 0) is 0 Å². The van der Waals surface area contributed by atoms with Crippen LogP contribution < -0.4 is 10.6 Å². The maximum atomic E-state index is 4.79. The SMILES string of the molecule is C=C/C=C\C=C(/CNC(=C)C1=CN(C)/C(=C(\C=C)c2cccc(C)c2)N=C1)N1CCC(NC(C)C)CC1. The summed E-state index contributed by atoms with van der Waals surface area (Å²) in [6, 6.07) is 9.51. The first-order valence-corrected chi connectivity index (χ1v) is 13.2. The summed E-state index contributed by atoms with van der Waals surface area (Å²) in [7, 11) is 2.01. The van der Waals surface area contributed by atoms with Gasteiger partial charge in [0.25, 0.3) is 0 Å². The summed E-state index contributed by atoms with van der Waals surface area (Å²) < 4.78 is 0. The highest BCUT2D eigenvalue weighted by molar-refractivity contribution is 5.88. The smallest absolute Gasteiger partial charge is 0.140 e. The van der Waals surface area contributed by atoms with Crippen molar-refractivity contribution in [2.24, 2.45) is 4.99 Å². The Labute approximate surface area is 224 Å². The van der Waals surface area contributed by atoms with Crippen molar-refractivity contribution in [3.05, 3.63) is 114 Å². The fourth-order valence-corrected chi connectivity index (χ4v) is 4.72. The number of benzene rings is 1. The Hall–Kier alpha value is -3.57. The van der Waals surface area contributed by atoms with Crippen molar-refractivity contribution in [3.63, 3.8) is 0 Å². The summed E-state index contributed by atoms with van der Waals surface area (Å²) >= 11 is 0. The van der Waals surface area contributed by atoms with Gasteiger partial charge >= 0.3 is 0 Å². The van der Waals surface area contributed by atoms with Crippen molar-refractivity contribution >= 4 is 11.8 Å². The predicted octanol–water partition coefficient (Wildman–Crippen LogP) is 5.94. The second-order valence-corrected chi connectivity index (χ2v) is 9.96. The predicted molar refractivity (Wildman–Crippen MR) is 160 cm³/mol. The molecule has 5 nitrogen and oxygen atoms in total. The summed E-state index contributed by atoms with van der Waals surface area (Å²) in [5.41, 5.74) is 6.38. The molecule has 1 saturated heterocycles. The van der Waals surface area contributed by atoms with E-state index in [9.17, 15) is 0 Å². The van der Waals surface area contributed by atoms with E-state index in [2.05, 4.69) is 98.7 Å². The van der Waals surface area contributed by atoms with E-state index in [0.717, 1.165) is 54.2 Å². The molecule has 196 valence electrons. The highest BCUT2D eigenvalue weighted by Gasteiger charge is 2.21. The summed E-state index contributed by atoms with van der Waals surface area (Å²) in [6.45, 7) is 21.4. The molecule has 0 amide bonds. The highest BCUT2D eigenvalue weighted by atomic mass is 15.2. The first-order valence-electron chi connectivity index (χ1n) is 13.2. The van der Waals surface area contributed by atoms with Gasteiger partial charge in [-0.3, -0.25) is 0 Å². The van der Waals surface area contributed by atoms with Gasteiger partial charge in [-0.2, -0.15) is 0 Å². The summed E-state index contributed by atoms with van der Waals surface area (Å²) in [5.74, 6) is 0.866. The summed E-state index contributed by atoms with van der Waals surface area (Å²) in [5, 5.41) is 7.22. The first kappa shape index (κ1) is 28.0. The molecule has 2 aliphatic heterocycles. The quantitative estimate of drug-likeness (QED) is 0.371. The molecule has 2 aliphatic rings. The van der Waals surface area contributed by atoms with Crippen LogP contribution in [0.25, 0.3) is 5.57 Å². The maximum absolute atomic E-state index is 4.79. The molecular formula is C32H43N5. The number of nitrogens with one attached hydrogen (secondary N) is 2. The van der Waals surface area contributed by atoms with Crippen molar-refractivity contribution in [2.75, 3.05) is 26.7 Å². The molecule has 5 heteroatoms. The molecular weight excluding hydrogens is 454 g/mol. The lowest BCUT2D eigenvalue weighted by Gasteiger charge is -2.36. The number of likely N-dealkylation sites (tertiary alicyclic amines) is 1. The van der Waals surface area contributed by atoms with Gasteiger partial charge in [0.2, 0.25) is 0 Å². The molecule has 0 bridgehead atoms. The molecule has 0 radical (unpaired) electrons. The Morgan fingerprint density at radius 3 is 2.57 bits per heavy atom. The number of aliphatic imine (C=N–C) groups is 1. The maximum Gasteiger partial charge on any atom is 0.140 e. The third-order valence-corrected chi connectivity index (χ3v) is 6.60. The zero-order valence-electron chi connectivity index (χ0n) is 23.0. The van der Waals surface area contributed by atoms with E-state index in [0.29, 0.717) is 18.6 Å². The largest absolute Gasteiger partial charge is 0.379 e. The van der Waals surface area contributed by atoms with Crippen LogP contribution in [0.15, 0.2) is 108 Å². The van der Waals surface area contributed by atoms with E-state index in [1.54, 1.807) is 6.08 Å². The fraction of sp³-hybridized carbons (Fsp3) is 0.344. The number of rotatable bonds is 11. The molecule has 1 aromatic carbocycles. The number of piperidine rings is 1. The van der Waals surface area contributed by atoms with Gasteiger partial charge in [0, 0.05) is 67.2 Å². The molecule has 0 unspecified atom stereocenters. The van der Waals surface area contributed by atoms with Gasteiger partial charge in [-0.05, 0) is 31.4 Å². The minimum Gasteiger partial charge on any atom is -0.379 e. The van der Waals surface area contributed by atoms with Crippen LogP contribution in [0.4, 0.5) is 0 Å². The van der Waals surface area contributed by atoms with E-state index in [-0.39, 0.29) is 0 Å². The van der Waals surface area contributed by atoms with Crippen molar-refractivity contribution in [1.29, 1.82) is 0 Å². The molecule has 0 spiro atoms. The zero-order valence-corrected chi connectivity index (χ0v) is 23.0. The van der Waals surface area contributed by atoms with Gasteiger partial charge in [0.05, 0.1) is 6.54 Å². The average Bonchev–Trinajstić information content (AvgIpc) is 2.87. The Kier molecular flexibility index (Phi) is 10.3. The Morgan fingerprint density at radius 1 is 1.19 bits per heavy atom. The van der Waals surface area contributed by atoms with Crippen molar-refractivity contribution < 1.29 is 0 Å². The number of nitrogens with zero attached hydrogens (tertiary/aromatic N) is 3. The highest BCUT2D eigenvalue weighted by Crippen LogP contribution is 2.27. The van der Waals surface area contributed by atoms with Crippen LogP contribution in [0.5, 0.6) is 0 Å². The summed E-state index contributed by atoms with van der Waals surface area (Å²) in [4.78, 5) is 9.30. The minimum absolute atomic E-state index is 0.519. The van der Waals surface area contributed by atoms with E-state index in [1.165, 1.54) is 11.3 Å². The Balaban J connectivity index is 1.68. The third kappa shape index (κ3) is 7.96. The number of hydrogen-bond donors (Lipinski definition) is 2. The number of allylic oxidation sites excluding steroid dienone is 7. The third-order valence-electron chi connectivity index (χ3n) is 6.60. The topological polar surface area (TPSA) is 42.9 Å². The number of hydrogen-bond acceptors (Lipinski definition) is 5. The molecule has 3 rings (SSSR count). The van der Waals surface area contributed by atoms with Crippen LogP contribution >= 0.6 is 0 Å². The molecule has 37 heavy (non-hydrogen) atoms. The van der Waals surface area contributed by atoms with E-state index < -0.39 is 0 Å². The Bertz CT molecular complexity index is 1120. The molecule has 1 fully saturated rings. The Morgan fingerprint density at radius 2 is 1.95 bits per heavy atom. The molecule has 1 aromatic rings. The van der Waals surface area contributed by atoms with Crippen LogP contribution in [-0.4, -0.2) is 54.8 Å².